The van der Waals surface area contributed by atoms with Gasteiger partial charge in [-0.3, -0.25) is 4.79 Å². The van der Waals surface area contributed by atoms with Gasteiger partial charge in [0.15, 0.2) is 6.10 Å². The summed E-state index contributed by atoms with van der Waals surface area (Å²) >= 11 is 5.81. The molecule has 1 atom stereocenters. The molecule has 0 saturated heterocycles. The third kappa shape index (κ3) is 6.02. The van der Waals surface area contributed by atoms with Crippen molar-refractivity contribution in [1.82, 2.24) is 10.3 Å². The standard InChI is InChI=1S/C17H18ClN3O5S/c1-11(26-17(23)14-3-2-9-20-15(14)18)16(22)21-10-8-12-4-6-13(7-5-12)27(19,24)25/h2-7,9,11H,8,10H2,1H3,(H,21,22)(H2,19,24,25). The Hall–Kier alpha value is -2.49. The van der Waals surface area contributed by atoms with Crippen molar-refractivity contribution in [1.29, 1.82) is 0 Å². The largest absolute Gasteiger partial charge is 0.449 e. The molecule has 8 nitrogen and oxygen atoms in total. The predicted octanol–water partition coefficient (Wildman–Crippen LogP) is 1.29. The van der Waals surface area contributed by atoms with Crippen LogP contribution in [0, 0.1) is 0 Å². The fourth-order valence-electron chi connectivity index (χ4n) is 2.14. The third-order valence-corrected chi connectivity index (χ3v) is 4.83. The van der Waals surface area contributed by atoms with Gasteiger partial charge in [-0.15, -0.1) is 0 Å². The number of nitrogens with two attached hydrogens (primary N) is 1. The van der Waals surface area contributed by atoms with Crippen LogP contribution in [-0.2, 0) is 26.0 Å². The van der Waals surface area contributed by atoms with Crippen LogP contribution in [0.15, 0.2) is 47.5 Å². The van der Waals surface area contributed by atoms with E-state index in [2.05, 4.69) is 10.3 Å². The average Bonchev–Trinajstić information content (AvgIpc) is 2.61. The van der Waals surface area contributed by atoms with Crippen LogP contribution in [0.3, 0.4) is 0 Å². The van der Waals surface area contributed by atoms with Crippen molar-refractivity contribution < 1.29 is 22.7 Å². The van der Waals surface area contributed by atoms with E-state index in [9.17, 15) is 18.0 Å². The normalized spacial score (nSPS) is 12.3. The minimum atomic E-state index is -3.73. The zero-order valence-electron chi connectivity index (χ0n) is 14.4. The fraction of sp³-hybridized carbons (Fsp3) is 0.235. The summed E-state index contributed by atoms with van der Waals surface area (Å²) in [5, 5.41) is 7.67. The van der Waals surface area contributed by atoms with Gasteiger partial charge in [-0.05, 0) is 43.2 Å². The van der Waals surface area contributed by atoms with Gasteiger partial charge in [0.2, 0.25) is 10.0 Å². The fourth-order valence-corrected chi connectivity index (χ4v) is 2.85. The lowest BCUT2D eigenvalue weighted by atomic mass is 10.1. The highest BCUT2D eigenvalue weighted by Crippen LogP contribution is 2.14. The van der Waals surface area contributed by atoms with Crippen LogP contribution in [0.5, 0.6) is 0 Å². The topological polar surface area (TPSA) is 128 Å². The number of carbonyl (C=O) groups is 2. The lowest BCUT2D eigenvalue weighted by molar-refractivity contribution is -0.129. The van der Waals surface area contributed by atoms with Crippen LogP contribution in [0.2, 0.25) is 5.15 Å². The number of primary sulfonamides is 1. The first-order chi connectivity index (χ1) is 12.7. The molecule has 0 aliphatic carbocycles. The molecule has 0 saturated carbocycles. The van der Waals surface area contributed by atoms with Crippen molar-refractivity contribution >= 4 is 33.5 Å². The van der Waals surface area contributed by atoms with Crippen LogP contribution in [0.4, 0.5) is 0 Å². The number of ether oxygens (including phenoxy) is 1. The Bertz CT molecular complexity index is 932. The summed E-state index contributed by atoms with van der Waals surface area (Å²) in [5.41, 5.74) is 0.892. The summed E-state index contributed by atoms with van der Waals surface area (Å²) in [4.78, 5) is 27.8. The second-order valence-corrected chi connectivity index (χ2v) is 7.54. The first-order valence-corrected chi connectivity index (χ1v) is 9.82. The number of nitrogens with one attached hydrogen (secondary N) is 1. The van der Waals surface area contributed by atoms with Crippen molar-refractivity contribution in [2.24, 2.45) is 5.14 Å². The second kappa shape index (κ2) is 8.94. The molecule has 1 aromatic heterocycles. The highest BCUT2D eigenvalue weighted by atomic mass is 35.5. The Labute approximate surface area is 161 Å². The summed E-state index contributed by atoms with van der Waals surface area (Å²) in [7, 11) is -3.73. The van der Waals surface area contributed by atoms with Crippen molar-refractivity contribution in [2.45, 2.75) is 24.3 Å². The van der Waals surface area contributed by atoms with E-state index in [0.29, 0.717) is 6.42 Å². The van der Waals surface area contributed by atoms with E-state index in [-0.39, 0.29) is 22.2 Å². The smallest absolute Gasteiger partial charge is 0.342 e. The Kier molecular flexibility index (Phi) is 6.89. The van der Waals surface area contributed by atoms with Crippen LogP contribution >= 0.6 is 11.6 Å². The number of esters is 1. The second-order valence-electron chi connectivity index (χ2n) is 5.62. The van der Waals surface area contributed by atoms with Gasteiger partial charge in [-0.1, -0.05) is 23.7 Å². The van der Waals surface area contributed by atoms with Gasteiger partial charge in [-0.2, -0.15) is 0 Å². The maximum absolute atomic E-state index is 12.0. The number of aromatic nitrogens is 1. The number of halogens is 1. The van der Waals surface area contributed by atoms with Crippen molar-refractivity contribution in [3.63, 3.8) is 0 Å². The molecule has 3 N–H and O–H groups in total. The molecule has 1 heterocycles. The van der Waals surface area contributed by atoms with Crippen LogP contribution in [-0.4, -0.2) is 37.9 Å². The molecule has 0 radical (unpaired) electrons. The SMILES string of the molecule is CC(OC(=O)c1cccnc1Cl)C(=O)NCCc1ccc(S(N)(=O)=O)cc1. The first kappa shape index (κ1) is 20.8. The summed E-state index contributed by atoms with van der Waals surface area (Å²) < 4.78 is 27.5. The number of carbonyl (C=O) groups excluding carboxylic acids is 2. The lowest BCUT2D eigenvalue weighted by Gasteiger charge is -2.14. The molecule has 27 heavy (non-hydrogen) atoms. The minimum absolute atomic E-state index is 0.00181. The average molecular weight is 412 g/mol. The highest BCUT2D eigenvalue weighted by molar-refractivity contribution is 7.89. The highest BCUT2D eigenvalue weighted by Gasteiger charge is 2.20. The number of hydrogen-bond donors (Lipinski definition) is 2. The monoisotopic (exact) mass is 411 g/mol. The van der Waals surface area contributed by atoms with Crippen LogP contribution in [0.1, 0.15) is 22.8 Å². The maximum Gasteiger partial charge on any atom is 0.342 e. The number of hydrogen-bond acceptors (Lipinski definition) is 6. The summed E-state index contributed by atoms with van der Waals surface area (Å²) in [6.45, 7) is 1.72. The number of sulfonamides is 1. The van der Waals surface area contributed by atoms with Gasteiger partial charge in [-0.25, -0.2) is 23.3 Å². The number of pyridine rings is 1. The van der Waals surface area contributed by atoms with Gasteiger partial charge < -0.3 is 10.1 Å². The molecule has 0 aliphatic rings. The number of benzene rings is 1. The van der Waals surface area contributed by atoms with E-state index >= 15 is 0 Å². The van der Waals surface area contributed by atoms with Gasteiger partial charge in [0.25, 0.3) is 5.91 Å². The summed E-state index contributed by atoms with van der Waals surface area (Å²) in [5.74, 6) is -1.21. The van der Waals surface area contributed by atoms with Crippen molar-refractivity contribution in [3.8, 4) is 0 Å². The van der Waals surface area contributed by atoms with Gasteiger partial charge >= 0.3 is 5.97 Å². The van der Waals surface area contributed by atoms with E-state index in [1.54, 1.807) is 12.1 Å². The Morgan fingerprint density at radius 1 is 1.26 bits per heavy atom. The number of nitrogens with zero attached hydrogens (tertiary/aromatic N) is 1. The van der Waals surface area contributed by atoms with Gasteiger partial charge in [0.1, 0.15) is 5.15 Å². The van der Waals surface area contributed by atoms with E-state index in [1.807, 2.05) is 0 Å². The molecule has 0 fully saturated rings. The molecule has 1 unspecified atom stereocenters. The summed E-state index contributed by atoms with van der Waals surface area (Å²) in [6, 6.07) is 9.00. The van der Waals surface area contributed by atoms with E-state index in [4.69, 9.17) is 21.5 Å². The molecule has 144 valence electrons. The Balaban J connectivity index is 1.83. The first-order valence-electron chi connectivity index (χ1n) is 7.89. The summed E-state index contributed by atoms with van der Waals surface area (Å²) in [6.07, 6.45) is 0.884. The molecule has 2 rings (SSSR count). The molecule has 0 aliphatic heterocycles. The van der Waals surface area contributed by atoms with Crippen LogP contribution < -0.4 is 10.5 Å². The van der Waals surface area contributed by atoms with E-state index < -0.39 is 28.0 Å². The number of rotatable bonds is 7. The predicted molar refractivity (Wildman–Crippen MR) is 98.7 cm³/mol. The van der Waals surface area contributed by atoms with E-state index in [1.165, 1.54) is 37.4 Å². The molecular formula is C17H18ClN3O5S. The molecule has 0 spiro atoms. The van der Waals surface area contributed by atoms with Gasteiger partial charge in [0, 0.05) is 12.7 Å². The van der Waals surface area contributed by atoms with Crippen molar-refractivity contribution in [3.05, 3.63) is 58.9 Å². The zero-order chi connectivity index (χ0) is 20.0. The van der Waals surface area contributed by atoms with Crippen molar-refractivity contribution in [2.75, 3.05) is 6.54 Å². The molecule has 2 aromatic rings. The molecule has 1 aromatic carbocycles. The molecule has 1 amide bonds. The maximum atomic E-state index is 12.0. The van der Waals surface area contributed by atoms with Gasteiger partial charge in [0.05, 0.1) is 10.5 Å². The molecule has 0 bridgehead atoms. The minimum Gasteiger partial charge on any atom is -0.449 e. The Morgan fingerprint density at radius 3 is 2.52 bits per heavy atom. The molecular weight excluding hydrogens is 394 g/mol. The lowest BCUT2D eigenvalue weighted by Crippen LogP contribution is -2.37. The quantitative estimate of drug-likeness (QED) is 0.521. The number of amides is 1. The Morgan fingerprint density at radius 2 is 1.93 bits per heavy atom. The molecule has 10 heteroatoms. The van der Waals surface area contributed by atoms with E-state index in [0.717, 1.165) is 5.56 Å². The third-order valence-electron chi connectivity index (χ3n) is 3.60. The van der Waals surface area contributed by atoms with Crippen LogP contribution in [0.25, 0.3) is 0 Å². The zero-order valence-corrected chi connectivity index (χ0v) is 16.0.